The first kappa shape index (κ1) is 17.0. The van der Waals surface area contributed by atoms with Crippen molar-refractivity contribution >= 4 is 34.9 Å². The van der Waals surface area contributed by atoms with Gasteiger partial charge in [-0.1, -0.05) is 29.3 Å². The lowest BCUT2D eigenvalue weighted by atomic mass is 9.95. The van der Waals surface area contributed by atoms with E-state index in [2.05, 4.69) is 0 Å². The summed E-state index contributed by atoms with van der Waals surface area (Å²) in [6, 6.07) is 7.56. The minimum atomic E-state index is -1.61. The first-order valence-corrected chi connectivity index (χ1v) is 8.05. The summed E-state index contributed by atoms with van der Waals surface area (Å²) in [5.74, 6) is -3.89. The number of benzene rings is 2. The minimum Gasteiger partial charge on any atom is -0.477 e. The molecule has 0 aromatic heterocycles. The third kappa shape index (κ3) is 3.06. The van der Waals surface area contributed by atoms with Gasteiger partial charge >= 0.3 is 5.97 Å². The molecule has 0 amide bonds. The number of carboxylic acids is 1. The van der Waals surface area contributed by atoms with Crippen LogP contribution in [0.25, 0.3) is 0 Å². The van der Waals surface area contributed by atoms with Crippen LogP contribution in [-0.4, -0.2) is 24.2 Å². The van der Waals surface area contributed by atoms with Gasteiger partial charge in [0.25, 0.3) is 0 Å². The van der Waals surface area contributed by atoms with E-state index in [9.17, 15) is 13.6 Å². The normalized spacial score (nSPS) is 17.3. The number of nitrogens with zero attached hydrogens (tertiary/aromatic N) is 1. The Labute approximate surface area is 147 Å². The van der Waals surface area contributed by atoms with Gasteiger partial charge in [0.15, 0.2) is 0 Å². The van der Waals surface area contributed by atoms with Crippen LogP contribution in [0.5, 0.6) is 0 Å². The van der Waals surface area contributed by atoms with Crippen molar-refractivity contribution in [3.8, 4) is 0 Å². The number of carboxylic acid groups (broad SMARTS) is 1. The molecule has 126 valence electrons. The molecule has 0 saturated carbocycles. The highest BCUT2D eigenvalue weighted by molar-refractivity contribution is 6.42. The molecule has 24 heavy (non-hydrogen) atoms. The summed E-state index contributed by atoms with van der Waals surface area (Å²) >= 11 is 11.9. The zero-order chi connectivity index (χ0) is 17.4. The van der Waals surface area contributed by atoms with Gasteiger partial charge in [-0.3, -0.25) is 0 Å². The van der Waals surface area contributed by atoms with Crippen LogP contribution in [0, 0.1) is 11.6 Å². The summed E-state index contributed by atoms with van der Waals surface area (Å²) in [5.41, 5.74) is 0.171. The summed E-state index contributed by atoms with van der Waals surface area (Å²) in [7, 11) is 0. The summed E-state index contributed by atoms with van der Waals surface area (Å²) in [6.45, 7) is 1.14. The molecule has 3 rings (SSSR count). The summed E-state index contributed by atoms with van der Waals surface area (Å²) < 4.78 is 27.9. The zero-order valence-corrected chi connectivity index (χ0v) is 13.9. The number of hydrogen-bond donors (Lipinski definition) is 1. The van der Waals surface area contributed by atoms with Gasteiger partial charge < -0.3 is 10.0 Å². The minimum absolute atomic E-state index is 0.219. The molecule has 1 fully saturated rings. The average Bonchev–Trinajstić information content (AvgIpc) is 2.99. The average molecular weight is 372 g/mol. The van der Waals surface area contributed by atoms with Gasteiger partial charge in [-0.05, 0) is 36.2 Å². The molecule has 1 unspecified atom stereocenters. The third-order valence-electron chi connectivity index (χ3n) is 4.23. The molecule has 2 aromatic carbocycles. The quantitative estimate of drug-likeness (QED) is 0.828. The highest BCUT2D eigenvalue weighted by Gasteiger charge is 2.29. The fraction of sp³-hybridized carbons (Fsp3) is 0.235. The van der Waals surface area contributed by atoms with Crippen molar-refractivity contribution in [1.29, 1.82) is 0 Å². The number of aromatic carboxylic acids is 1. The molecule has 0 bridgehead atoms. The summed E-state index contributed by atoms with van der Waals surface area (Å²) in [4.78, 5) is 13.1. The second-order valence-corrected chi connectivity index (χ2v) is 6.48. The second-order valence-electron chi connectivity index (χ2n) is 5.66. The van der Waals surface area contributed by atoms with Crippen LogP contribution in [-0.2, 0) is 0 Å². The Morgan fingerprint density at radius 2 is 1.92 bits per heavy atom. The first-order valence-electron chi connectivity index (χ1n) is 7.29. The predicted octanol–water partition coefficient (Wildman–Crippen LogP) is 4.96. The maximum absolute atomic E-state index is 14.4. The Kier molecular flexibility index (Phi) is 4.65. The highest BCUT2D eigenvalue weighted by atomic mass is 35.5. The van der Waals surface area contributed by atoms with Crippen LogP contribution in [0.2, 0.25) is 10.0 Å². The Bertz CT molecular complexity index is 813. The van der Waals surface area contributed by atoms with Gasteiger partial charge in [-0.2, -0.15) is 0 Å². The Morgan fingerprint density at radius 3 is 2.58 bits per heavy atom. The van der Waals surface area contributed by atoms with Gasteiger partial charge in [0.2, 0.25) is 0 Å². The summed E-state index contributed by atoms with van der Waals surface area (Å²) in [5, 5.41) is 9.86. The van der Waals surface area contributed by atoms with Crippen LogP contribution in [0.3, 0.4) is 0 Å². The number of halogens is 4. The Hall–Kier alpha value is -1.85. The molecule has 0 spiro atoms. The number of anilines is 1. The van der Waals surface area contributed by atoms with Crippen molar-refractivity contribution in [1.82, 2.24) is 0 Å². The zero-order valence-electron chi connectivity index (χ0n) is 12.4. The van der Waals surface area contributed by atoms with E-state index in [1.165, 1.54) is 6.07 Å². The van der Waals surface area contributed by atoms with Crippen molar-refractivity contribution in [2.24, 2.45) is 0 Å². The molecule has 0 radical (unpaired) electrons. The highest BCUT2D eigenvalue weighted by Crippen LogP contribution is 2.35. The molecule has 2 aromatic rings. The van der Waals surface area contributed by atoms with E-state index in [0.717, 1.165) is 11.8 Å². The van der Waals surface area contributed by atoms with Gasteiger partial charge in [0, 0.05) is 24.7 Å². The molecule has 1 N–H and O–H groups in total. The van der Waals surface area contributed by atoms with E-state index >= 15 is 0 Å². The lowest BCUT2D eigenvalue weighted by Crippen LogP contribution is -2.19. The van der Waals surface area contributed by atoms with Crippen molar-refractivity contribution in [3.05, 3.63) is 63.1 Å². The fourth-order valence-corrected chi connectivity index (χ4v) is 3.30. The lowest BCUT2D eigenvalue weighted by molar-refractivity contribution is 0.0686. The summed E-state index contributed by atoms with van der Waals surface area (Å²) in [6.07, 6.45) is 0.627. The molecule has 1 aliphatic rings. The largest absolute Gasteiger partial charge is 0.477 e. The molecule has 3 nitrogen and oxygen atoms in total. The standard InChI is InChI=1S/C17H13Cl2F2NO2/c18-12-3-1-10(7-13(12)19)22-6-5-9(8-22)11-2-4-14(20)15(16(11)21)17(23)24/h1-4,7,9H,5-6,8H2,(H,23,24). The van der Waals surface area contributed by atoms with E-state index in [1.54, 1.807) is 12.1 Å². The van der Waals surface area contributed by atoms with E-state index in [4.69, 9.17) is 28.3 Å². The topological polar surface area (TPSA) is 40.5 Å². The second kappa shape index (κ2) is 6.57. The molecule has 1 saturated heterocycles. The van der Waals surface area contributed by atoms with Gasteiger partial charge in [0.05, 0.1) is 10.0 Å². The molecule has 1 aliphatic heterocycles. The van der Waals surface area contributed by atoms with Crippen LogP contribution >= 0.6 is 23.2 Å². The third-order valence-corrected chi connectivity index (χ3v) is 4.97. The maximum atomic E-state index is 14.4. The van der Waals surface area contributed by atoms with Crippen LogP contribution in [0.1, 0.15) is 28.3 Å². The SMILES string of the molecule is O=C(O)c1c(F)ccc(C2CCN(c3ccc(Cl)c(Cl)c3)C2)c1F. The van der Waals surface area contributed by atoms with Crippen molar-refractivity contribution < 1.29 is 18.7 Å². The lowest BCUT2D eigenvalue weighted by Gasteiger charge is -2.20. The van der Waals surface area contributed by atoms with E-state index in [0.29, 0.717) is 29.6 Å². The molecular weight excluding hydrogens is 359 g/mol. The van der Waals surface area contributed by atoms with E-state index in [1.807, 2.05) is 11.0 Å². The van der Waals surface area contributed by atoms with Crippen LogP contribution in [0.15, 0.2) is 30.3 Å². The van der Waals surface area contributed by atoms with E-state index in [-0.39, 0.29) is 11.5 Å². The number of carbonyl (C=O) groups is 1. The predicted molar refractivity (Wildman–Crippen MR) is 89.4 cm³/mol. The van der Waals surface area contributed by atoms with Gasteiger partial charge in [-0.15, -0.1) is 0 Å². The van der Waals surface area contributed by atoms with Crippen molar-refractivity contribution in [3.63, 3.8) is 0 Å². The smallest absolute Gasteiger partial charge is 0.341 e. The Morgan fingerprint density at radius 1 is 1.17 bits per heavy atom. The number of rotatable bonds is 3. The van der Waals surface area contributed by atoms with Crippen LogP contribution < -0.4 is 4.90 Å². The molecular formula is C17H13Cl2F2NO2. The van der Waals surface area contributed by atoms with Crippen LogP contribution in [0.4, 0.5) is 14.5 Å². The molecule has 0 aliphatic carbocycles. The first-order chi connectivity index (χ1) is 11.4. The monoisotopic (exact) mass is 371 g/mol. The van der Waals surface area contributed by atoms with Gasteiger partial charge in [-0.25, -0.2) is 13.6 Å². The number of hydrogen-bond acceptors (Lipinski definition) is 2. The van der Waals surface area contributed by atoms with E-state index < -0.39 is 23.2 Å². The van der Waals surface area contributed by atoms with Crippen molar-refractivity contribution in [2.45, 2.75) is 12.3 Å². The Balaban J connectivity index is 1.87. The molecule has 1 atom stereocenters. The van der Waals surface area contributed by atoms with Crippen molar-refractivity contribution in [2.75, 3.05) is 18.0 Å². The fourth-order valence-electron chi connectivity index (χ4n) is 3.01. The molecule has 1 heterocycles. The maximum Gasteiger partial charge on any atom is 0.341 e. The van der Waals surface area contributed by atoms with Gasteiger partial charge in [0.1, 0.15) is 17.2 Å². The molecule has 7 heteroatoms.